The number of hydrogen-bond donors (Lipinski definition) is 0. The molecular weight excluding hydrogens is 1630 g/mol. The van der Waals surface area contributed by atoms with Crippen molar-refractivity contribution in [3.05, 3.63) is 425 Å². The van der Waals surface area contributed by atoms with Crippen LogP contribution >= 0.6 is 22.7 Å². The minimum Gasteiger partial charge on any atom is -0.452 e. The molecule has 0 radical (unpaired) electrons. The van der Waals surface area contributed by atoms with E-state index in [1.165, 1.54) is 167 Å². The first-order valence-corrected chi connectivity index (χ1v) is 45.6. The van der Waals surface area contributed by atoms with Crippen LogP contribution in [-0.2, 0) is 0 Å². The monoisotopic (exact) mass is 1690 g/mol. The molecule has 606 valence electrons. The lowest BCUT2D eigenvalue weighted by molar-refractivity contribution is 0.663. The zero-order valence-corrected chi connectivity index (χ0v) is 71.2. The Bertz CT molecular complexity index is 9370. The fourth-order valence-corrected chi connectivity index (χ4v) is 23.5. The van der Waals surface area contributed by atoms with Crippen LogP contribution in [0, 0.1) is 0 Å². The molecule has 30 rings (SSSR count). The Hall–Kier alpha value is -17.0. The Kier molecular flexibility index (Phi) is 15.7. The lowest BCUT2D eigenvalue weighted by atomic mass is 10.1. The molecule has 0 aliphatic carbocycles. The summed E-state index contributed by atoms with van der Waals surface area (Å²) in [4.78, 5) is 16.4. The molecule has 0 aliphatic heterocycles. The van der Waals surface area contributed by atoms with Gasteiger partial charge in [-0.25, -0.2) is 9.97 Å². The summed E-state index contributed by atoms with van der Waals surface area (Å²) in [5, 5.41) is 24.3. The Morgan fingerprint density at radius 2 is 0.515 bits per heavy atom. The summed E-state index contributed by atoms with van der Waals surface area (Å²) >= 11 is 3.61. The molecule has 0 spiro atoms. The van der Waals surface area contributed by atoms with Crippen LogP contribution in [-0.4, -0.2) is 46.9 Å². The summed E-state index contributed by atoms with van der Waals surface area (Å²) in [6, 6.07) is 146. The fraction of sp³-hybridized carbons (Fsp3) is 0. The molecule has 0 atom stereocenters. The van der Waals surface area contributed by atoms with Crippen LogP contribution in [0.1, 0.15) is 0 Å². The molecule has 130 heavy (non-hydrogen) atoms. The van der Waals surface area contributed by atoms with Gasteiger partial charge in [0, 0.05) is 140 Å². The first-order valence-electron chi connectivity index (χ1n) is 43.9. The standard InChI is InChI=1S/C47H28N4O.2C35H21N3S/c1-7-19-38-30(13-1)31-14-2-8-20-39(31)49(38)29-25-26-43-36(27-29)34-17-5-11-23-42(34)51(43)47-46-37(35-18-6-12-24-44(35)52-46)28-45(48-47)50-40-21-9-3-15-32(40)33-16-4-10-22-41(33)50;1-5-13-30-24(9-1)25-10-2-6-14-31(25)37(30)22-17-18-34-28(19-22)29-20-23(21-36-35(29)39-34)38-32-15-7-3-11-26(32)27-12-4-8-16-33(27)38;1-5-13-29-23(9-1)24-10-2-6-14-30(24)37(29)22-17-18-34-27(19-22)28-20-36-21-33(35(28)39-34)38-31-15-7-3-11-25(31)26-12-4-8-16-32(26)38/h1-28H;2*1-21H. The van der Waals surface area contributed by atoms with E-state index in [2.05, 4.69) is 426 Å². The Morgan fingerprint density at radius 1 is 0.208 bits per heavy atom. The second kappa shape index (κ2) is 28.3. The van der Waals surface area contributed by atoms with Gasteiger partial charge in [0.2, 0.25) is 0 Å². The highest BCUT2D eigenvalue weighted by Crippen LogP contribution is 2.47. The summed E-state index contributed by atoms with van der Waals surface area (Å²) in [6.45, 7) is 0. The minimum atomic E-state index is 0.764. The van der Waals surface area contributed by atoms with Gasteiger partial charge in [0.1, 0.15) is 16.2 Å². The predicted molar refractivity (Wildman–Crippen MR) is 546 cm³/mol. The van der Waals surface area contributed by atoms with E-state index in [0.29, 0.717) is 0 Å². The Labute approximate surface area is 748 Å². The van der Waals surface area contributed by atoms with E-state index in [9.17, 15) is 0 Å². The van der Waals surface area contributed by atoms with Gasteiger partial charge < -0.3 is 27.3 Å². The van der Waals surface area contributed by atoms with Crippen LogP contribution in [0.15, 0.2) is 429 Å². The van der Waals surface area contributed by atoms with Crippen molar-refractivity contribution in [2.45, 2.75) is 0 Å². The number of rotatable bonds is 7. The zero-order chi connectivity index (χ0) is 84.9. The Balaban J connectivity index is 0.0000000996. The van der Waals surface area contributed by atoms with Crippen molar-refractivity contribution < 1.29 is 4.42 Å². The van der Waals surface area contributed by atoms with Crippen molar-refractivity contribution >= 4 is 238 Å². The maximum absolute atomic E-state index is 6.73. The molecule has 0 saturated heterocycles. The molecular formula is C117H70N10OS2. The van der Waals surface area contributed by atoms with Crippen LogP contribution in [0.2, 0.25) is 0 Å². The van der Waals surface area contributed by atoms with Crippen molar-refractivity contribution in [3.8, 4) is 40.1 Å². The molecule has 11 nitrogen and oxygen atoms in total. The number of aromatic nitrogens is 10. The molecule has 0 amide bonds. The minimum absolute atomic E-state index is 0.764. The van der Waals surface area contributed by atoms with Crippen molar-refractivity contribution in [1.82, 2.24) is 46.9 Å². The molecule has 0 unspecified atom stereocenters. The maximum Gasteiger partial charge on any atom is 0.183 e. The third kappa shape index (κ3) is 10.7. The van der Waals surface area contributed by atoms with E-state index in [-0.39, 0.29) is 0 Å². The van der Waals surface area contributed by atoms with Gasteiger partial charge in [0.15, 0.2) is 11.4 Å². The number of thiophene rings is 2. The van der Waals surface area contributed by atoms with Crippen molar-refractivity contribution in [2.24, 2.45) is 0 Å². The molecule has 13 heterocycles. The van der Waals surface area contributed by atoms with Crippen LogP contribution in [0.25, 0.3) is 255 Å². The summed E-state index contributed by atoms with van der Waals surface area (Å²) < 4.78 is 27.0. The molecule has 17 aromatic carbocycles. The third-order valence-corrected chi connectivity index (χ3v) is 29.1. The lowest BCUT2D eigenvalue weighted by Crippen LogP contribution is -2.04. The Morgan fingerprint density at radius 3 is 0.931 bits per heavy atom. The van der Waals surface area contributed by atoms with Crippen LogP contribution in [0.3, 0.4) is 0 Å². The van der Waals surface area contributed by atoms with E-state index in [4.69, 9.17) is 19.4 Å². The highest BCUT2D eigenvalue weighted by atomic mass is 32.1. The number of para-hydroxylation sites is 14. The summed E-state index contributed by atoms with van der Waals surface area (Å²) in [5.41, 5.74) is 23.7. The number of nitrogens with zero attached hydrogens (tertiary/aromatic N) is 10. The smallest absolute Gasteiger partial charge is 0.183 e. The summed E-state index contributed by atoms with van der Waals surface area (Å²) in [7, 11) is 0. The van der Waals surface area contributed by atoms with E-state index in [1.807, 2.05) is 42.1 Å². The van der Waals surface area contributed by atoms with Gasteiger partial charge in [-0.15, -0.1) is 22.7 Å². The number of hydrogen-bond acceptors (Lipinski definition) is 6. The van der Waals surface area contributed by atoms with Crippen LogP contribution in [0.4, 0.5) is 0 Å². The number of pyridine rings is 3. The second-order valence-corrected chi connectivity index (χ2v) is 35.8. The molecule has 0 saturated carbocycles. The summed E-state index contributed by atoms with van der Waals surface area (Å²) in [6.07, 6.45) is 6.07. The van der Waals surface area contributed by atoms with Crippen molar-refractivity contribution in [2.75, 3.05) is 0 Å². The molecule has 0 N–H and O–H groups in total. The first-order chi connectivity index (χ1) is 64.5. The molecule has 0 bridgehead atoms. The van der Waals surface area contributed by atoms with Gasteiger partial charge in [0.25, 0.3) is 0 Å². The summed E-state index contributed by atoms with van der Waals surface area (Å²) in [5.74, 6) is 1.61. The highest BCUT2D eigenvalue weighted by Gasteiger charge is 2.27. The molecule has 0 fully saturated rings. The first kappa shape index (κ1) is 72.3. The lowest BCUT2D eigenvalue weighted by Gasteiger charge is -2.13. The normalized spacial score (nSPS) is 12.2. The third-order valence-electron chi connectivity index (χ3n) is 26.8. The maximum atomic E-state index is 6.73. The average Bonchev–Trinajstić information content (AvgIpc) is 1.56. The van der Waals surface area contributed by atoms with Gasteiger partial charge in [0.05, 0.1) is 106 Å². The van der Waals surface area contributed by atoms with Gasteiger partial charge in [-0.05, 0) is 152 Å². The van der Waals surface area contributed by atoms with Gasteiger partial charge in [-0.3, -0.25) is 14.1 Å². The largest absolute Gasteiger partial charge is 0.452 e. The van der Waals surface area contributed by atoms with Crippen LogP contribution in [0.5, 0.6) is 0 Å². The zero-order valence-electron chi connectivity index (χ0n) is 69.6. The van der Waals surface area contributed by atoms with Crippen molar-refractivity contribution in [3.63, 3.8) is 0 Å². The second-order valence-electron chi connectivity index (χ2n) is 33.7. The van der Waals surface area contributed by atoms with Gasteiger partial charge in [-0.1, -0.05) is 255 Å². The van der Waals surface area contributed by atoms with E-state index in [1.54, 1.807) is 11.3 Å². The molecule has 30 aromatic rings. The van der Waals surface area contributed by atoms with Crippen LogP contribution < -0.4 is 0 Å². The number of furan rings is 1. The highest BCUT2D eigenvalue weighted by molar-refractivity contribution is 7.26. The topological polar surface area (TPSA) is 86.3 Å². The van der Waals surface area contributed by atoms with Gasteiger partial charge in [-0.2, -0.15) is 0 Å². The molecule has 0 aliphatic rings. The van der Waals surface area contributed by atoms with E-state index >= 15 is 0 Å². The van der Waals surface area contributed by atoms with Crippen molar-refractivity contribution in [1.29, 1.82) is 0 Å². The van der Waals surface area contributed by atoms with Gasteiger partial charge >= 0.3 is 0 Å². The average molecular weight is 1700 g/mol. The molecule has 13 aromatic heterocycles. The number of benzene rings is 17. The quantitative estimate of drug-likeness (QED) is 0.159. The van der Waals surface area contributed by atoms with E-state index in [0.717, 1.165) is 88.3 Å². The van der Waals surface area contributed by atoms with E-state index < -0.39 is 0 Å². The predicted octanol–water partition coefficient (Wildman–Crippen LogP) is 31.6. The molecule has 13 heteroatoms. The SMILES string of the molecule is c1ccc2c(c1)c1ccccc1n2-c1ccc2sc3c(-n4c5ccccc5c5ccccc54)cncc3c2c1.c1ccc2c(c1)c1ccccc1n2-c1ccc2sc3ncc(-n4c5ccccc5c5ccccc54)cc3c2c1.c1ccc2c(c1)oc1c(-n3c4ccccc4c4cc(-n5c6ccccc6c6ccccc65)ccc43)nc(-n3c4ccccc4c4ccccc43)cc12. The fourth-order valence-electron chi connectivity index (χ4n) is 21.3. The number of fused-ring (bicyclic) bond motifs is 30.